The summed E-state index contributed by atoms with van der Waals surface area (Å²) in [6, 6.07) is 12.2. The number of aromatic nitrogens is 2. The highest BCUT2D eigenvalue weighted by Gasteiger charge is 2.53. The third kappa shape index (κ3) is 8.92. The fourth-order valence-electron chi connectivity index (χ4n) is 11.1. The fourth-order valence-corrected chi connectivity index (χ4v) is 11.1. The van der Waals surface area contributed by atoms with E-state index in [0.717, 1.165) is 44.5 Å². The molecule has 5 aliphatic rings. The van der Waals surface area contributed by atoms with E-state index in [0.29, 0.717) is 57.4 Å². The Morgan fingerprint density at radius 3 is 2.50 bits per heavy atom. The second-order valence-electron chi connectivity index (χ2n) is 21.0. The number of phenols is 1. The Morgan fingerprint density at radius 1 is 1.00 bits per heavy atom. The molecule has 2 aromatic carbocycles. The molecule has 5 aliphatic heterocycles. The highest BCUT2D eigenvalue weighted by atomic mass is 16.5. The first-order valence-electron chi connectivity index (χ1n) is 24.5. The molecule has 6 bridgehead atoms. The molecular formula is C52H67N9O7. The number of aromatic hydroxyl groups is 1. The van der Waals surface area contributed by atoms with E-state index >= 15 is 0 Å². The maximum Gasteiger partial charge on any atom is 0.324 e. The van der Waals surface area contributed by atoms with Crippen LogP contribution < -0.4 is 16.1 Å². The van der Waals surface area contributed by atoms with Crippen molar-refractivity contribution >= 4 is 40.6 Å². The topological polar surface area (TPSA) is 192 Å². The van der Waals surface area contributed by atoms with Gasteiger partial charge >= 0.3 is 12.0 Å². The van der Waals surface area contributed by atoms with Gasteiger partial charge in [-0.25, -0.2) is 10.2 Å². The maximum atomic E-state index is 14.8. The number of hydrogen-bond acceptors (Lipinski definition) is 10. The van der Waals surface area contributed by atoms with Crippen molar-refractivity contribution in [3.8, 4) is 28.1 Å². The summed E-state index contributed by atoms with van der Waals surface area (Å²) in [4.78, 5) is 80.4. The van der Waals surface area contributed by atoms with Gasteiger partial charge in [-0.15, -0.1) is 0 Å². The number of phenolic OH excluding ortho intramolecular Hbond substituents is 1. The second-order valence-corrected chi connectivity index (χ2v) is 21.0. The molecule has 16 nitrogen and oxygen atoms in total. The van der Waals surface area contributed by atoms with Crippen LogP contribution in [0.1, 0.15) is 90.5 Å². The van der Waals surface area contributed by atoms with Crippen LogP contribution in [-0.2, 0) is 43.3 Å². The van der Waals surface area contributed by atoms with Gasteiger partial charge in [0.05, 0.1) is 36.1 Å². The van der Waals surface area contributed by atoms with Gasteiger partial charge in [0.25, 0.3) is 5.91 Å². The Morgan fingerprint density at radius 2 is 1.78 bits per heavy atom. The number of likely N-dealkylation sites (N-methyl/N-ethyl adjacent to an activating group) is 1. The summed E-state index contributed by atoms with van der Waals surface area (Å²) in [5.41, 5.74) is 10.1. The number of nitrogens with zero attached hydrogens (tertiary/aromatic N) is 6. The molecule has 0 spiro atoms. The van der Waals surface area contributed by atoms with Gasteiger partial charge in [0.15, 0.2) is 0 Å². The molecule has 4 aromatic rings. The van der Waals surface area contributed by atoms with Gasteiger partial charge in [-0.05, 0) is 103 Å². The number of hydrogen-bond donors (Lipinski definition) is 4. The highest BCUT2D eigenvalue weighted by Crippen LogP contribution is 2.42. The monoisotopic (exact) mass is 930 g/mol. The van der Waals surface area contributed by atoms with Crippen molar-refractivity contribution in [2.45, 2.75) is 129 Å². The van der Waals surface area contributed by atoms with E-state index in [1.54, 1.807) is 24.1 Å². The summed E-state index contributed by atoms with van der Waals surface area (Å²) in [5, 5.41) is 19.9. The minimum Gasteiger partial charge on any atom is -0.508 e. The van der Waals surface area contributed by atoms with Crippen molar-refractivity contribution < 1.29 is 33.8 Å². The minimum absolute atomic E-state index is 0.00681. The number of carbonyl (C=O) groups is 5. The summed E-state index contributed by atoms with van der Waals surface area (Å²) in [7, 11) is 1.61. The zero-order valence-corrected chi connectivity index (χ0v) is 40.7. The number of hydrazine groups is 1. The average Bonchev–Trinajstić information content (AvgIpc) is 4.04. The van der Waals surface area contributed by atoms with E-state index < -0.39 is 41.3 Å². The van der Waals surface area contributed by atoms with Crippen molar-refractivity contribution in [3.05, 3.63) is 71.5 Å². The summed E-state index contributed by atoms with van der Waals surface area (Å²) in [6.07, 6.45) is 4.08. The number of cyclic esters (lactones) is 1. The molecule has 0 aliphatic carbocycles. The molecule has 68 heavy (non-hydrogen) atoms. The molecule has 2 aromatic heterocycles. The van der Waals surface area contributed by atoms with Crippen LogP contribution in [0.2, 0.25) is 0 Å². The number of carbonyl (C=O) groups excluding carboxylic acids is 5. The van der Waals surface area contributed by atoms with Gasteiger partial charge in [0.1, 0.15) is 23.9 Å². The van der Waals surface area contributed by atoms with E-state index in [9.17, 15) is 29.1 Å². The van der Waals surface area contributed by atoms with Gasteiger partial charge in [-0.2, -0.15) is 0 Å². The van der Waals surface area contributed by atoms with Gasteiger partial charge in [0, 0.05) is 74.3 Å². The van der Waals surface area contributed by atoms with Crippen molar-refractivity contribution in [2.24, 2.45) is 11.3 Å². The quantitative estimate of drug-likeness (QED) is 0.135. The number of benzene rings is 2. The maximum absolute atomic E-state index is 14.8. The van der Waals surface area contributed by atoms with Crippen molar-refractivity contribution in [3.63, 3.8) is 0 Å². The Labute approximate surface area is 398 Å². The number of nitrogens with one attached hydrogen (secondary N) is 3. The lowest BCUT2D eigenvalue weighted by molar-refractivity contribution is -0.155. The Bertz CT molecular complexity index is 2640. The molecule has 4 N–H and O–H groups in total. The second kappa shape index (κ2) is 18.5. The van der Waals surface area contributed by atoms with Gasteiger partial charge in [-0.3, -0.25) is 29.2 Å². The van der Waals surface area contributed by atoms with E-state index in [-0.39, 0.29) is 67.2 Å². The van der Waals surface area contributed by atoms with Crippen LogP contribution in [0.5, 0.6) is 5.75 Å². The molecule has 0 unspecified atom stereocenters. The number of pyridine rings is 1. The summed E-state index contributed by atoms with van der Waals surface area (Å²) >= 11 is 0. The van der Waals surface area contributed by atoms with E-state index in [4.69, 9.17) is 9.72 Å². The smallest absolute Gasteiger partial charge is 0.324 e. The van der Waals surface area contributed by atoms with Crippen LogP contribution in [0.3, 0.4) is 0 Å². The lowest BCUT2D eigenvalue weighted by Crippen LogP contribution is -2.68. The summed E-state index contributed by atoms with van der Waals surface area (Å²) in [6.45, 7) is 17.1. The average molecular weight is 930 g/mol. The van der Waals surface area contributed by atoms with Crippen molar-refractivity contribution in [1.82, 2.24) is 45.3 Å². The predicted molar refractivity (Wildman–Crippen MR) is 258 cm³/mol. The van der Waals surface area contributed by atoms with Crippen molar-refractivity contribution in [2.75, 3.05) is 39.8 Å². The van der Waals surface area contributed by atoms with Crippen LogP contribution in [0.15, 0.2) is 54.7 Å². The molecule has 4 saturated heterocycles. The third-order valence-corrected chi connectivity index (χ3v) is 14.6. The predicted octanol–water partition coefficient (Wildman–Crippen LogP) is 5.20. The number of likely N-dealkylation sites (tertiary alicyclic amines) is 2. The number of ether oxygens (including phenoxy) is 1. The molecule has 0 saturated carbocycles. The number of urea groups is 1. The molecule has 16 heteroatoms. The normalized spacial score (nSPS) is 24.0. The number of esters is 1. The highest BCUT2D eigenvalue weighted by molar-refractivity contribution is 5.96. The molecule has 4 fully saturated rings. The first-order chi connectivity index (χ1) is 32.4. The van der Waals surface area contributed by atoms with Crippen molar-refractivity contribution in [1.29, 1.82) is 0 Å². The lowest BCUT2D eigenvalue weighted by atomic mass is 9.83. The number of rotatable bonds is 8. The van der Waals surface area contributed by atoms with Crippen LogP contribution in [0.4, 0.5) is 4.79 Å². The van der Waals surface area contributed by atoms with Crippen LogP contribution in [0.25, 0.3) is 33.3 Å². The van der Waals surface area contributed by atoms with Crippen LogP contribution in [-0.4, -0.2) is 140 Å². The number of fused-ring (bicyclic) bond motifs is 7. The number of aryl methyl sites for hydroxylation is 1. The summed E-state index contributed by atoms with van der Waals surface area (Å²) in [5.74, 6) is -1.51. The van der Waals surface area contributed by atoms with E-state index in [1.165, 1.54) is 9.91 Å². The molecule has 9 rings (SSSR count). The molecule has 6 atom stereocenters. The SMILES string of the molecule is CCn1c(-c2cccnc2C(C)C)c2c3cc(ccc31)-c1cc(O)cc(c1)C[C@H](NC(=O)[C@H](C(C)C)N(C)C(=O)N1C[C@@H]3[C@H]1CCN3C(=O)[C@@H]1CN1)C(=O)N1CCC[C@H](N1)C(=O)OCC(C)(C)C2. The third-order valence-electron chi connectivity index (χ3n) is 14.6. The summed E-state index contributed by atoms with van der Waals surface area (Å²) < 4.78 is 8.47. The molecule has 7 heterocycles. The molecule has 362 valence electrons. The fraction of sp³-hybridized carbons (Fsp3) is 0.538. The standard InChI is InChI=1S/C52H67N9O7/c1-9-58-41-15-14-32-24-36(41)37(46(58)35-12-10-17-53-44(35)29(2)3)25-52(6,7)28-68-50(66)38-13-11-18-61(56-38)49(65)39(22-31-20-33(32)23-34(62)21-31)55-47(63)45(30(4)5)57(8)51(67)60-27-43-42(60)16-19-59(43)48(64)40-26-54-40/h10,12,14-15,17,20-21,23-24,29-30,38-40,42-43,45,54,56,62H,9,11,13,16,18-19,22,25-28H2,1-8H3,(H,55,63)/t38-,39-,40-,42+,43+,45-/m0/s1. The Kier molecular flexibility index (Phi) is 12.8. The zero-order valence-electron chi connectivity index (χ0n) is 40.7. The first-order valence-corrected chi connectivity index (χ1v) is 24.5. The first kappa shape index (κ1) is 47.1. The largest absolute Gasteiger partial charge is 0.508 e. The lowest BCUT2D eigenvalue weighted by Gasteiger charge is -2.48. The van der Waals surface area contributed by atoms with Gasteiger partial charge in [0.2, 0.25) is 11.8 Å². The molecule has 0 radical (unpaired) electrons. The Hall–Kier alpha value is -6.00. The van der Waals surface area contributed by atoms with Gasteiger partial charge in [-0.1, -0.05) is 53.7 Å². The van der Waals surface area contributed by atoms with Gasteiger partial charge < -0.3 is 39.7 Å². The molecular weight excluding hydrogens is 863 g/mol. The Balaban J connectivity index is 1.07. The van der Waals surface area contributed by atoms with E-state index in [2.05, 4.69) is 73.4 Å². The molecule has 5 amide bonds. The minimum atomic E-state index is -1.15. The van der Waals surface area contributed by atoms with Crippen LogP contribution >= 0.6 is 0 Å². The zero-order chi connectivity index (χ0) is 48.3. The van der Waals surface area contributed by atoms with Crippen LogP contribution in [0, 0.1) is 11.3 Å². The number of amides is 5. The van der Waals surface area contributed by atoms with E-state index in [1.807, 2.05) is 43.1 Å².